The molecule has 0 aliphatic carbocycles. The summed E-state index contributed by atoms with van der Waals surface area (Å²) in [6.07, 6.45) is 1.19. The fraction of sp³-hybridized carbons (Fsp3) is 1.00. The summed E-state index contributed by atoms with van der Waals surface area (Å²) in [5.41, 5.74) is 0. The molecule has 26 valence electrons. The van der Waals surface area contributed by atoms with Crippen LogP contribution in [0.25, 0.3) is 0 Å². The number of hydrogen-bond donors (Lipinski definition) is 1. The van der Waals surface area contributed by atoms with Gasteiger partial charge in [0, 0.05) is 6.26 Å². The molecule has 0 aromatic rings. The van der Waals surface area contributed by atoms with Crippen molar-refractivity contribution in [3.8, 4) is 0 Å². The SMILES string of the molecule is CS(=O)O.[Na+]. The van der Waals surface area contributed by atoms with Crippen molar-refractivity contribution in [1.29, 1.82) is 0 Å². The summed E-state index contributed by atoms with van der Waals surface area (Å²) in [7, 11) is 0. The Bertz CT molecular complexity index is 32.6. The minimum Gasteiger partial charge on any atom is -0.306 e. The fourth-order valence-corrected chi connectivity index (χ4v) is 0. The molecule has 0 rings (SSSR count). The normalized spacial score (nSPS) is 12.4. The van der Waals surface area contributed by atoms with Crippen LogP contribution in [0, 0.1) is 0 Å². The Balaban J connectivity index is 0. The van der Waals surface area contributed by atoms with E-state index in [4.69, 9.17) is 8.76 Å². The molecule has 0 aromatic heterocycles. The van der Waals surface area contributed by atoms with E-state index in [9.17, 15) is 0 Å². The predicted octanol–water partition coefficient (Wildman–Crippen LogP) is -3.16. The molecule has 1 atom stereocenters. The Kier molecular flexibility index (Phi) is 9.65. The Morgan fingerprint density at radius 3 is 1.80 bits per heavy atom. The summed E-state index contributed by atoms with van der Waals surface area (Å²) in [5.74, 6) is 0. The molecule has 1 N–H and O–H groups in total. The first kappa shape index (κ1) is 9.44. The molecule has 0 bridgehead atoms. The third kappa shape index (κ3) is 40.1. The molecule has 0 amide bonds. The number of rotatable bonds is 0. The first-order chi connectivity index (χ1) is 1.73. The summed E-state index contributed by atoms with van der Waals surface area (Å²) in [5, 5.41) is 0. The molecule has 1 unspecified atom stereocenters. The van der Waals surface area contributed by atoms with Gasteiger partial charge >= 0.3 is 29.6 Å². The van der Waals surface area contributed by atoms with Crippen LogP contribution in [0.2, 0.25) is 0 Å². The van der Waals surface area contributed by atoms with Crippen molar-refractivity contribution in [2.24, 2.45) is 0 Å². The first-order valence-electron chi connectivity index (χ1n) is 0.757. The van der Waals surface area contributed by atoms with Crippen LogP contribution in [0.4, 0.5) is 0 Å². The minimum atomic E-state index is -1.61. The third-order valence-corrected chi connectivity index (χ3v) is 0. The van der Waals surface area contributed by atoms with Gasteiger partial charge in [-0.25, -0.2) is 4.21 Å². The van der Waals surface area contributed by atoms with Crippen LogP contribution in [0.3, 0.4) is 0 Å². The van der Waals surface area contributed by atoms with E-state index in [1.165, 1.54) is 6.26 Å². The standard InChI is InChI=1S/CH4O2S.Na/c1-4(2)3;/h1H3,(H,2,3);/q;+1. The minimum absolute atomic E-state index is 0. The Labute approximate surface area is 55.5 Å². The van der Waals surface area contributed by atoms with E-state index in [2.05, 4.69) is 0 Å². The van der Waals surface area contributed by atoms with Gasteiger partial charge in [-0.2, -0.15) is 0 Å². The van der Waals surface area contributed by atoms with Gasteiger partial charge in [0.2, 0.25) is 0 Å². The maximum absolute atomic E-state index is 9.11. The summed E-state index contributed by atoms with van der Waals surface area (Å²) in [4.78, 5) is 0. The summed E-state index contributed by atoms with van der Waals surface area (Å²) in [6.45, 7) is 0. The van der Waals surface area contributed by atoms with E-state index in [1.807, 2.05) is 0 Å². The second kappa shape index (κ2) is 5.11. The molecule has 0 heterocycles. The van der Waals surface area contributed by atoms with Gasteiger partial charge in [-0.15, -0.1) is 0 Å². The van der Waals surface area contributed by atoms with Crippen molar-refractivity contribution in [2.75, 3.05) is 6.26 Å². The van der Waals surface area contributed by atoms with Gasteiger partial charge in [0.15, 0.2) is 0 Å². The smallest absolute Gasteiger partial charge is 0.306 e. The summed E-state index contributed by atoms with van der Waals surface area (Å²) < 4.78 is 16.6. The van der Waals surface area contributed by atoms with E-state index in [0.717, 1.165) is 0 Å². The van der Waals surface area contributed by atoms with E-state index >= 15 is 0 Å². The Morgan fingerprint density at radius 1 is 1.80 bits per heavy atom. The molecule has 5 heavy (non-hydrogen) atoms. The molecule has 0 radical (unpaired) electrons. The van der Waals surface area contributed by atoms with Gasteiger partial charge in [0.05, 0.1) is 0 Å². The van der Waals surface area contributed by atoms with E-state index < -0.39 is 11.1 Å². The molecule has 4 heteroatoms. The van der Waals surface area contributed by atoms with Crippen LogP contribution >= 0.6 is 0 Å². The van der Waals surface area contributed by atoms with Gasteiger partial charge in [0.25, 0.3) is 0 Å². The fourth-order valence-electron chi connectivity index (χ4n) is 0. The van der Waals surface area contributed by atoms with Crippen molar-refractivity contribution in [3.05, 3.63) is 0 Å². The monoisotopic (exact) mass is 103 g/mol. The largest absolute Gasteiger partial charge is 1.00 e. The average Bonchev–Trinajstić information content (AvgIpc) is 0.811. The molecule has 0 saturated heterocycles. The van der Waals surface area contributed by atoms with Crippen molar-refractivity contribution >= 4 is 11.1 Å². The van der Waals surface area contributed by atoms with Crippen LogP contribution < -0.4 is 29.6 Å². The van der Waals surface area contributed by atoms with Crippen molar-refractivity contribution < 1.29 is 38.3 Å². The van der Waals surface area contributed by atoms with E-state index in [-0.39, 0.29) is 29.6 Å². The Morgan fingerprint density at radius 2 is 1.80 bits per heavy atom. The van der Waals surface area contributed by atoms with Crippen molar-refractivity contribution in [1.82, 2.24) is 0 Å². The van der Waals surface area contributed by atoms with Crippen LogP contribution in [0.5, 0.6) is 0 Å². The van der Waals surface area contributed by atoms with Crippen molar-refractivity contribution in [2.45, 2.75) is 0 Å². The maximum atomic E-state index is 9.11. The van der Waals surface area contributed by atoms with Gasteiger partial charge < -0.3 is 4.55 Å². The zero-order chi connectivity index (χ0) is 3.58. The molecular weight excluding hydrogens is 99.1 g/mol. The molecule has 0 aliphatic heterocycles. The number of hydrogen-bond acceptors (Lipinski definition) is 1. The zero-order valence-corrected chi connectivity index (χ0v) is 6.08. The van der Waals surface area contributed by atoms with Crippen LogP contribution in [-0.2, 0) is 11.1 Å². The van der Waals surface area contributed by atoms with Gasteiger partial charge in [0.1, 0.15) is 11.1 Å². The van der Waals surface area contributed by atoms with Crippen molar-refractivity contribution in [3.63, 3.8) is 0 Å². The second-order valence-electron chi connectivity index (χ2n) is 0.424. The van der Waals surface area contributed by atoms with E-state index in [1.54, 1.807) is 0 Å². The second-order valence-corrected chi connectivity index (χ2v) is 1.27. The van der Waals surface area contributed by atoms with Gasteiger partial charge in [-0.1, -0.05) is 0 Å². The van der Waals surface area contributed by atoms with Gasteiger partial charge in [-0.05, 0) is 0 Å². The molecule has 2 nitrogen and oxygen atoms in total. The molecule has 0 spiro atoms. The molecule has 0 fully saturated rings. The van der Waals surface area contributed by atoms with Crippen LogP contribution in [0.15, 0.2) is 0 Å². The molecule has 0 saturated carbocycles. The summed E-state index contributed by atoms with van der Waals surface area (Å²) in [6, 6.07) is 0. The van der Waals surface area contributed by atoms with E-state index in [0.29, 0.717) is 0 Å². The van der Waals surface area contributed by atoms with Crippen LogP contribution in [0.1, 0.15) is 0 Å². The maximum Gasteiger partial charge on any atom is 1.00 e. The molecule has 0 aliphatic rings. The summed E-state index contributed by atoms with van der Waals surface area (Å²) >= 11 is -1.61. The molecular formula is CH4NaO2S+. The predicted molar refractivity (Wildman–Crippen MR) is 16.7 cm³/mol. The topological polar surface area (TPSA) is 37.3 Å². The quantitative estimate of drug-likeness (QED) is 0.259. The third-order valence-electron chi connectivity index (χ3n) is 0. The van der Waals surface area contributed by atoms with Crippen LogP contribution in [-0.4, -0.2) is 15.0 Å². The molecule has 0 aromatic carbocycles. The Hall–Kier alpha value is 1.11. The van der Waals surface area contributed by atoms with Gasteiger partial charge in [-0.3, -0.25) is 0 Å². The zero-order valence-electron chi connectivity index (χ0n) is 3.26. The first-order valence-corrected chi connectivity index (χ1v) is 2.27. The average molecular weight is 103 g/mol.